The van der Waals surface area contributed by atoms with E-state index < -0.39 is 0 Å². The van der Waals surface area contributed by atoms with Crippen LogP contribution in [0.5, 0.6) is 5.75 Å². The number of hydrogen-bond donors (Lipinski definition) is 1. The molecule has 1 aliphatic rings. The number of unbranched alkanes of at least 4 members (excludes halogenated alkanes) is 2. The maximum Gasteiger partial charge on any atom is 0.115 e. The van der Waals surface area contributed by atoms with E-state index in [1.165, 1.54) is 63.7 Å². The first-order valence-corrected chi connectivity index (χ1v) is 9.77. The van der Waals surface area contributed by atoms with E-state index in [4.69, 9.17) is 0 Å². The molecule has 0 atom stereocenters. The van der Waals surface area contributed by atoms with Gasteiger partial charge in [-0.2, -0.15) is 5.10 Å². The van der Waals surface area contributed by atoms with Gasteiger partial charge in [0, 0.05) is 18.9 Å². The number of nitrogens with zero attached hydrogens (tertiary/aromatic N) is 3. The summed E-state index contributed by atoms with van der Waals surface area (Å²) in [5.74, 6) is 1.23. The van der Waals surface area contributed by atoms with Crippen LogP contribution in [0.4, 0.5) is 0 Å². The highest BCUT2D eigenvalue weighted by Crippen LogP contribution is 2.23. The standard InChI is InChI=1S/C21H31N3O/c25-21-9-7-19(8-10-21)5-6-20-11-17-23(18-12-20)14-2-1-3-15-24-16-4-13-22-24/h4,7-10,13,16,20,25H,1-3,5-6,11-12,14-15,17-18H2. The molecule has 3 rings (SSSR count). The van der Waals surface area contributed by atoms with Crippen LogP contribution in [0.2, 0.25) is 0 Å². The summed E-state index contributed by atoms with van der Waals surface area (Å²) < 4.78 is 2.03. The van der Waals surface area contributed by atoms with Gasteiger partial charge < -0.3 is 10.0 Å². The second kappa shape index (κ2) is 9.62. The first-order valence-electron chi connectivity index (χ1n) is 9.77. The molecule has 0 amide bonds. The number of rotatable bonds is 9. The van der Waals surface area contributed by atoms with E-state index in [1.54, 1.807) is 12.1 Å². The zero-order valence-electron chi connectivity index (χ0n) is 15.2. The summed E-state index contributed by atoms with van der Waals surface area (Å²) in [5.41, 5.74) is 1.34. The van der Waals surface area contributed by atoms with Crippen molar-refractivity contribution in [3.05, 3.63) is 48.3 Å². The Morgan fingerprint density at radius 2 is 1.76 bits per heavy atom. The zero-order valence-corrected chi connectivity index (χ0v) is 15.2. The SMILES string of the molecule is Oc1ccc(CCC2CCN(CCCCCn3cccn3)CC2)cc1. The lowest BCUT2D eigenvalue weighted by molar-refractivity contribution is 0.176. The zero-order chi connectivity index (χ0) is 17.3. The molecule has 1 aliphatic heterocycles. The van der Waals surface area contributed by atoms with E-state index in [9.17, 15) is 5.11 Å². The molecule has 0 unspecified atom stereocenters. The molecular formula is C21H31N3O. The second-order valence-electron chi connectivity index (χ2n) is 7.32. The van der Waals surface area contributed by atoms with Crippen LogP contribution in [0, 0.1) is 5.92 Å². The van der Waals surface area contributed by atoms with Crippen molar-refractivity contribution in [1.82, 2.24) is 14.7 Å². The molecule has 136 valence electrons. The van der Waals surface area contributed by atoms with Crippen molar-refractivity contribution in [2.24, 2.45) is 5.92 Å². The third kappa shape index (κ3) is 6.20. The number of benzene rings is 1. The van der Waals surface area contributed by atoms with Gasteiger partial charge in [-0.25, -0.2) is 0 Å². The van der Waals surface area contributed by atoms with E-state index in [-0.39, 0.29) is 0 Å². The highest BCUT2D eigenvalue weighted by molar-refractivity contribution is 5.25. The molecule has 4 nitrogen and oxygen atoms in total. The third-order valence-corrected chi connectivity index (χ3v) is 5.41. The van der Waals surface area contributed by atoms with Gasteiger partial charge in [0.25, 0.3) is 0 Å². The first kappa shape index (κ1) is 18.0. The number of phenols is 1. The fourth-order valence-electron chi connectivity index (χ4n) is 3.75. The Morgan fingerprint density at radius 1 is 1.00 bits per heavy atom. The predicted molar refractivity (Wildman–Crippen MR) is 102 cm³/mol. The van der Waals surface area contributed by atoms with Crippen molar-refractivity contribution in [1.29, 1.82) is 0 Å². The van der Waals surface area contributed by atoms with Crippen LogP contribution in [0.3, 0.4) is 0 Å². The molecule has 25 heavy (non-hydrogen) atoms. The highest BCUT2D eigenvalue weighted by Gasteiger charge is 2.18. The lowest BCUT2D eigenvalue weighted by Gasteiger charge is -2.32. The van der Waals surface area contributed by atoms with Crippen molar-refractivity contribution in [3.63, 3.8) is 0 Å². The van der Waals surface area contributed by atoms with E-state index >= 15 is 0 Å². The molecule has 2 aromatic rings. The summed E-state index contributed by atoms with van der Waals surface area (Å²) in [4.78, 5) is 2.64. The van der Waals surface area contributed by atoms with Gasteiger partial charge in [-0.3, -0.25) is 4.68 Å². The number of piperidine rings is 1. The normalized spacial score (nSPS) is 16.3. The van der Waals surface area contributed by atoms with Gasteiger partial charge >= 0.3 is 0 Å². The molecule has 0 bridgehead atoms. The molecule has 0 spiro atoms. The lowest BCUT2D eigenvalue weighted by Crippen LogP contribution is -2.34. The van der Waals surface area contributed by atoms with Gasteiger partial charge in [-0.15, -0.1) is 0 Å². The van der Waals surface area contributed by atoms with E-state index in [0.29, 0.717) is 5.75 Å². The topological polar surface area (TPSA) is 41.3 Å². The largest absolute Gasteiger partial charge is 0.508 e. The minimum absolute atomic E-state index is 0.363. The molecule has 1 N–H and O–H groups in total. The maximum absolute atomic E-state index is 9.35. The third-order valence-electron chi connectivity index (χ3n) is 5.41. The van der Waals surface area contributed by atoms with Gasteiger partial charge in [0.15, 0.2) is 0 Å². The Morgan fingerprint density at radius 3 is 2.48 bits per heavy atom. The molecule has 4 heteroatoms. The van der Waals surface area contributed by atoms with Crippen LogP contribution in [0.1, 0.15) is 44.1 Å². The van der Waals surface area contributed by atoms with Crippen LogP contribution < -0.4 is 0 Å². The van der Waals surface area contributed by atoms with Crippen LogP contribution in [0.25, 0.3) is 0 Å². The second-order valence-corrected chi connectivity index (χ2v) is 7.32. The molecule has 1 saturated heterocycles. The van der Waals surface area contributed by atoms with Crippen molar-refractivity contribution in [2.45, 2.75) is 51.5 Å². The lowest BCUT2D eigenvalue weighted by atomic mass is 9.90. The molecular weight excluding hydrogens is 310 g/mol. The highest BCUT2D eigenvalue weighted by atomic mass is 16.3. The number of aromatic hydroxyl groups is 1. The van der Waals surface area contributed by atoms with Gasteiger partial charge in [0.2, 0.25) is 0 Å². The fraction of sp³-hybridized carbons (Fsp3) is 0.571. The quantitative estimate of drug-likeness (QED) is 0.698. The number of aromatic nitrogens is 2. The van der Waals surface area contributed by atoms with Crippen molar-refractivity contribution < 1.29 is 5.11 Å². The molecule has 2 heterocycles. The first-order chi connectivity index (χ1) is 12.3. The Balaban J connectivity index is 1.24. The van der Waals surface area contributed by atoms with E-state index in [0.717, 1.165) is 18.9 Å². The number of phenolic OH excluding ortho intramolecular Hbond substituents is 1. The molecule has 1 fully saturated rings. The Hall–Kier alpha value is -1.81. The molecule has 0 saturated carbocycles. The van der Waals surface area contributed by atoms with E-state index in [1.807, 2.05) is 35.3 Å². The van der Waals surface area contributed by atoms with Gasteiger partial charge in [-0.05, 0) is 87.8 Å². The van der Waals surface area contributed by atoms with Crippen LogP contribution in [-0.2, 0) is 13.0 Å². The molecule has 0 aliphatic carbocycles. The van der Waals surface area contributed by atoms with Crippen molar-refractivity contribution in [3.8, 4) is 5.75 Å². The predicted octanol–water partition coefficient (Wildman–Crippen LogP) is 4.10. The maximum atomic E-state index is 9.35. The fourth-order valence-corrected chi connectivity index (χ4v) is 3.75. The van der Waals surface area contributed by atoms with Crippen molar-refractivity contribution in [2.75, 3.05) is 19.6 Å². The van der Waals surface area contributed by atoms with Gasteiger partial charge in [0.05, 0.1) is 0 Å². The summed E-state index contributed by atoms with van der Waals surface area (Å²) in [5, 5.41) is 13.6. The van der Waals surface area contributed by atoms with Gasteiger partial charge in [0.1, 0.15) is 5.75 Å². The summed E-state index contributed by atoms with van der Waals surface area (Å²) in [7, 11) is 0. The Kier molecular flexibility index (Phi) is 6.92. The average molecular weight is 341 g/mol. The molecule has 0 radical (unpaired) electrons. The van der Waals surface area contributed by atoms with Gasteiger partial charge in [-0.1, -0.05) is 18.6 Å². The number of aryl methyl sites for hydroxylation is 2. The van der Waals surface area contributed by atoms with E-state index in [2.05, 4.69) is 10.00 Å². The Bertz CT molecular complexity index is 586. The monoisotopic (exact) mass is 341 g/mol. The van der Waals surface area contributed by atoms with Crippen LogP contribution in [0.15, 0.2) is 42.7 Å². The molecule has 1 aromatic heterocycles. The summed E-state index contributed by atoms with van der Waals surface area (Å²) >= 11 is 0. The summed E-state index contributed by atoms with van der Waals surface area (Å²) in [6.07, 6.45) is 12.8. The minimum Gasteiger partial charge on any atom is -0.508 e. The summed E-state index contributed by atoms with van der Waals surface area (Å²) in [6, 6.07) is 9.68. The number of hydrogen-bond acceptors (Lipinski definition) is 3. The Labute approximate surface area is 151 Å². The summed E-state index contributed by atoms with van der Waals surface area (Å²) in [6.45, 7) is 4.83. The smallest absolute Gasteiger partial charge is 0.115 e. The minimum atomic E-state index is 0.363. The molecule has 1 aromatic carbocycles. The average Bonchev–Trinajstić information content (AvgIpc) is 3.15. The van der Waals surface area contributed by atoms with Crippen LogP contribution >= 0.6 is 0 Å². The van der Waals surface area contributed by atoms with Crippen molar-refractivity contribution >= 4 is 0 Å². The number of likely N-dealkylation sites (tertiary alicyclic amines) is 1. The van der Waals surface area contributed by atoms with Crippen LogP contribution in [-0.4, -0.2) is 39.4 Å².